The van der Waals surface area contributed by atoms with Crippen LogP contribution in [0.3, 0.4) is 0 Å². The second kappa shape index (κ2) is 4.60. The van der Waals surface area contributed by atoms with Crippen molar-refractivity contribution in [2.24, 2.45) is 0 Å². The van der Waals surface area contributed by atoms with Crippen LogP contribution in [0.25, 0.3) is 22.3 Å². The highest BCUT2D eigenvalue weighted by molar-refractivity contribution is 5.84. The highest BCUT2D eigenvalue weighted by atomic mass is 14.3. The minimum Gasteiger partial charge on any atom is -0.0622 e. The predicted molar refractivity (Wildman–Crippen MR) is 89.6 cm³/mol. The SMILES string of the molecule is Cc1cc(-c2ccccc2)cc2c1C(C)c1ccccc1-2. The lowest BCUT2D eigenvalue weighted by Gasteiger charge is -2.12. The summed E-state index contributed by atoms with van der Waals surface area (Å²) in [7, 11) is 0. The molecule has 0 bridgehead atoms. The van der Waals surface area contributed by atoms with Gasteiger partial charge in [0.15, 0.2) is 0 Å². The van der Waals surface area contributed by atoms with Crippen LogP contribution in [0.2, 0.25) is 0 Å². The zero-order valence-corrected chi connectivity index (χ0v) is 12.4. The van der Waals surface area contributed by atoms with E-state index < -0.39 is 0 Å². The zero-order chi connectivity index (χ0) is 14.4. The average Bonchev–Trinajstić information content (AvgIpc) is 2.82. The summed E-state index contributed by atoms with van der Waals surface area (Å²) >= 11 is 0. The summed E-state index contributed by atoms with van der Waals surface area (Å²) in [6, 6.07) is 24.2. The first-order chi connectivity index (χ1) is 10.3. The van der Waals surface area contributed by atoms with Crippen molar-refractivity contribution in [2.45, 2.75) is 19.8 Å². The molecule has 1 atom stereocenters. The molecule has 0 fully saturated rings. The third-order valence-corrected chi connectivity index (χ3v) is 4.64. The van der Waals surface area contributed by atoms with E-state index in [4.69, 9.17) is 0 Å². The molecule has 0 heteroatoms. The van der Waals surface area contributed by atoms with Crippen molar-refractivity contribution in [2.75, 3.05) is 0 Å². The largest absolute Gasteiger partial charge is 0.0622 e. The highest BCUT2D eigenvalue weighted by Gasteiger charge is 2.26. The fraction of sp³-hybridized carbons (Fsp3) is 0.143. The van der Waals surface area contributed by atoms with Crippen molar-refractivity contribution in [3.63, 3.8) is 0 Å². The Morgan fingerprint density at radius 3 is 2.24 bits per heavy atom. The third kappa shape index (κ3) is 1.83. The summed E-state index contributed by atoms with van der Waals surface area (Å²) < 4.78 is 0. The van der Waals surface area contributed by atoms with Crippen LogP contribution >= 0.6 is 0 Å². The van der Waals surface area contributed by atoms with E-state index in [9.17, 15) is 0 Å². The van der Waals surface area contributed by atoms with Gasteiger partial charge in [0.2, 0.25) is 0 Å². The Kier molecular flexibility index (Phi) is 2.71. The molecule has 0 heterocycles. The van der Waals surface area contributed by atoms with E-state index in [1.165, 1.54) is 38.9 Å². The van der Waals surface area contributed by atoms with E-state index >= 15 is 0 Å². The molecule has 0 spiro atoms. The first-order valence-electron chi connectivity index (χ1n) is 7.55. The van der Waals surface area contributed by atoms with Gasteiger partial charge in [-0.15, -0.1) is 0 Å². The fourth-order valence-electron chi connectivity index (χ4n) is 3.67. The van der Waals surface area contributed by atoms with Gasteiger partial charge >= 0.3 is 0 Å². The molecule has 0 nitrogen and oxygen atoms in total. The van der Waals surface area contributed by atoms with Crippen molar-refractivity contribution in [1.82, 2.24) is 0 Å². The molecule has 0 radical (unpaired) electrons. The van der Waals surface area contributed by atoms with Gasteiger partial charge in [-0.2, -0.15) is 0 Å². The maximum Gasteiger partial charge on any atom is 0.00759 e. The normalized spacial score (nSPS) is 15.6. The molecular formula is C21H18. The summed E-state index contributed by atoms with van der Waals surface area (Å²) in [6.07, 6.45) is 0. The van der Waals surface area contributed by atoms with Crippen molar-refractivity contribution in [3.05, 3.63) is 83.4 Å². The van der Waals surface area contributed by atoms with E-state index in [2.05, 4.69) is 80.6 Å². The lowest BCUT2D eigenvalue weighted by atomic mass is 9.92. The van der Waals surface area contributed by atoms with Gasteiger partial charge < -0.3 is 0 Å². The third-order valence-electron chi connectivity index (χ3n) is 4.64. The van der Waals surface area contributed by atoms with E-state index in [0.29, 0.717) is 5.92 Å². The molecule has 21 heavy (non-hydrogen) atoms. The van der Waals surface area contributed by atoms with E-state index in [1.54, 1.807) is 0 Å². The predicted octanol–water partition coefficient (Wildman–Crippen LogP) is 5.79. The molecule has 0 amide bonds. The summed E-state index contributed by atoms with van der Waals surface area (Å²) in [5.41, 5.74) is 9.78. The smallest absolute Gasteiger partial charge is 0.00759 e. The maximum absolute atomic E-state index is 2.36. The Morgan fingerprint density at radius 2 is 1.43 bits per heavy atom. The molecule has 0 aromatic heterocycles. The number of aryl methyl sites for hydroxylation is 1. The van der Waals surface area contributed by atoms with Crippen molar-refractivity contribution < 1.29 is 0 Å². The Bertz CT molecular complexity index is 813. The van der Waals surface area contributed by atoms with Crippen LogP contribution in [0.5, 0.6) is 0 Å². The lowest BCUT2D eigenvalue weighted by Crippen LogP contribution is -1.93. The van der Waals surface area contributed by atoms with Gasteiger partial charge in [0, 0.05) is 5.92 Å². The van der Waals surface area contributed by atoms with Crippen LogP contribution in [0.4, 0.5) is 0 Å². The monoisotopic (exact) mass is 270 g/mol. The molecule has 0 saturated heterocycles. The second-order valence-corrected chi connectivity index (χ2v) is 5.93. The molecule has 0 aliphatic heterocycles. The molecule has 102 valence electrons. The molecule has 4 rings (SSSR count). The Morgan fingerprint density at radius 1 is 0.714 bits per heavy atom. The van der Waals surface area contributed by atoms with Gasteiger partial charge in [-0.1, -0.05) is 67.6 Å². The lowest BCUT2D eigenvalue weighted by molar-refractivity contribution is 0.944. The first-order valence-corrected chi connectivity index (χ1v) is 7.55. The van der Waals surface area contributed by atoms with Crippen LogP contribution in [0.15, 0.2) is 66.7 Å². The quantitative estimate of drug-likeness (QED) is 0.524. The van der Waals surface area contributed by atoms with Crippen LogP contribution < -0.4 is 0 Å². The van der Waals surface area contributed by atoms with Gasteiger partial charge in [0.25, 0.3) is 0 Å². The highest BCUT2D eigenvalue weighted by Crippen LogP contribution is 2.47. The fourth-order valence-corrected chi connectivity index (χ4v) is 3.67. The van der Waals surface area contributed by atoms with E-state index in [1.807, 2.05) is 0 Å². The second-order valence-electron chi connectivity index (χ2n) is 5.93. The minimum absolute atomic E-state index is 0.501. The molecule has 0 saturated carbocycles. The molecule has 3 aromatic rings. The maximum atomic E-state index is 2.36. The summed E-state index contributed by atoms with van der Waals surface area (Å²) in [4.78, 5) is 0. The van der Waals surface area contributed by atoms with E-state index in [-0.39, 0.29) is 0 Å². The number of hydrogen-bond acceptors (Lipinski definition) is 0. The number of benzene rings is 3. The molecule has 1 aliphatic carbocycles. The van der Waals surface area contributed by atoms with Crippen molar-refractivity contribution in [3.8, 4) is 22.3 Å². The standard InChI is InChI=1S/C21H18/c1-14-12-17(16-8-4-3-5-9-16)13-20-19-11-7-6-10-18(19)15(2)21(14)20/h3-13,15H,1-2H3. The molecule has 3 aromatic carbocycles. The molecule has 1 aliphatic rings. The summed E-state index contributed by atoms with van der Waals surface area (Å²) in [6.45, 7) is 4.56. The Hall–Kier alpha value is -2.34. The molecular weight excluding hydrogens is 252 g/mol. The van der Waals surface area contributed by atoms with Crippen LogP contribution in [0, 0.1) is 6.92 Å². The van der Waals surface area contributed by atoms with E-state index in [0.717, 1.165) is 0 Å². The number of fused-ring (bicyclic) bond motifs is 3. The van der Waals surface area contributed by atoms with Crippen molar-refractivity contribution >= 4 is 0 Å². The van der Waals surface area contributed by atoms with Crippen LogP contribution in [-0.2, 0) is 0 Å². The van der Waals surface area contributed by atoms with Crippen molar-refractivity contribution in [1.29, 1.82) is 0 Å². The topological polar surface area (TPSA) is 0 Å². The number of hydrogen-bond donors (Lipinski definition) is 0. The van der Waals surface area contributed by atoms with Gasteiger partial charge in [-0.3, -0.25) is 0 Å². The minimum atomic E-state index is 0.501. The molecule has 0 N–H and O–H groups in total. The van der Waals surface area contributed by atoms with Gasteiger partial charge in [-0.05, 0) is 51.9 Å². The summed E-state index contributed by atoms with van der Waals surface area (Å²) in [5, 5.41) is 0. The summed E-state index contributed by atoms with van der Waals surface area (Å²) in [5.74, 6) is 0.501. The Labute approximate surface area is 126 Å². The first kappa shape index (κ1) is 12.4. The average molecular weight is 270 g/mol. The van der Waals surface area contributed by atoms with Gasteiger partial charge in [0.05, 0.1) is 0 Å². The number of rotatable bonds is 1. The van der Waals surface area contributed by atoms with Gasteiger partial charge in [0.1, 0.15) is 0 Å². The molecule has 1 unspecified atom stereocenters. The van der Waals surface area contributed by atoms with Crippen LogP contribution in [0.1, 0.15) is 29.5 Å². The zero-order valence-electron chi connectivity index (χ0n) is 12.4. The van der Waals surface area contributed by atoms with Gasteiger partial charge in [-0.25, -0.2) is 0 Å². The van der Waals surface area contributed by atoms with Crippen LogP contribution in [-0.4, -0.2) is 0 Å². The Balaban J connectivity index is 1.98.